The summed E-state index contributed by atoms with van der Waals surface area (Å²) in [5.74, 6) is 0.828. The highest BCUT2D eigenvalue weighted by Crippen LogP contribution is 2.13. The highest BCUT2D eigenvalue weighted by molar-refractivity contribution is 14.0. The summed E-state index contributed by atoms with van der Waals surface area (Å²) >= 11 is 0. The zero-order chi connectivity index (χ0) is 18.1. The molecular formula is C19H31IN4O2. The van der Waals surface area contributed by atoms with Crippen LogP contribution >= 0.6 is 24.0 Å². The Morgan fingerprint density at radius 1 is 1.38 bits per heavy atom. The van der Waals surface area contributed by atoms with Crippen LogP contribution in [0.25, 0.3) is 0 Å². The molecule has 0 aliphatic carbocycles. The van der Waals surface area contributed by atoms with Crippen LogP contribution in [-0.4, -0.2) is 38.2 Å². The second kappa shape index (κ2) is 12.1. The number of rotatable bonds is 7. The first-order chi connectivity index (χ1) is 12.1. The Morgan fingerprint density at radius 3 is 2.85 bits per heavy atom. The normalized spacial score (nSPS) is 18.0. The molecule has 2 rings (SSSR count). The average molecular weight is 474 g/mol. The second-order valence-electron chi connectivity index (χ2n) is 6.44. The standard InChI is InChI=1S/C19H30N4O2.HI/c1-4-14(2)18(24)23-16-8-5-7-15(11-16)12-21-19(20-3)22-13-17-9-6-10-25-17;/h5,7-8,11,14,17H,4,6,9-10,12-13H2,1-3H3,(H,23,24)(H2,20,21,22);1H. The maximum atomic E-state index is 12.0. The molecule has 2 unspecified atom stereocenters. The van der Waals surface area contributed by atoms with E-state index in [1.54, 1.807) is 7.05 Å². The number of carbonyl (C=O) groups is 1. The van der Waals surface area contributed by atoms with Crippen molar-refractivity contribution >= 4 is 41.5 Å². The van der Waals surface area contributed by atoms with E-state index in [1.807, 2.05) is 38.1 Å². The highest BCUT2D eigenvalue weighted by atomic mass is 127. The summed E-state index contributed by atoms with van der Waals surface area (Å²) < 4.78 is 5.61. The smallest absolute Gasteiger partial charge is 0.227 e. The minimum absolute atomic E-state index is 0. The van der Waals surface area contributed by atoms with Crippen LogP contribution in [0.15, 0.2) is 29.3 Å². The van der Waals surface area contributed by atoms with Crippen LogP contribution in [0.1, 0.15) is 38.7 Å². The third-order valence-electron chi connectivity index (χ3n) is 4.46. The zero-order valence-corrected chi connectivity index (χ0v) is 18.2. The van der Waals surface area contributed by atoms with Gasteiger partial charge in [0, 0.05) is 38.3 Å². The van der Waals surface area contributed by atoms with Gasteiger partial charge in [-0.05, 0) is 37.0 Å². The van der Waals surface area contributed by atoms with E-state index < -0.39 is 0 Å². The summed E-state index contributed by atoms with van der Waals surface area (Å²) in [6.45, 7) is 6.21. The number of nitrogens with one attached hydrogen (secondary N) is 3. The van der Waals surface area contributed by atoms with Gasteiger partial charge in [0.15, 0.2) is 5.96 Å². The molecule has 1 aliphatic rings. The van der Waals surface area contributed by atoms with Crippen LogP contribution in [0.2, 0.25) is 0 Å². The number of guanidine groups is 1. The summed E-state index contributed by atoms with van der Waals surface area (Å²) in [5, 5.41) is 9.56. The van der Waals surface area contributed by atoms with Crippen molar-refractivity contribution in [3.05, 3.63) is 29.8 Å². The number of hydrogen-bond donors (Lipinski definition) is 3. The van der Waals surface area contributed by atoms with Crippen LogP contribution in [0.5, 0.6) is 0 Å². The zero-order valence-electron chi connectivity index (χ0n) is 15.9. The lowest BCUT2D eigenvalue weighted by Crippen LogP contribution is -2.40. The van der Waals surface area contributed by atoms with Gasteiger partial charge in [-0.15, -0.1) is 24.0 Å². The molecule has 3 N–H and O–H groups in total. The monoisotopic (exact) mass is 474 g/mol. The predicted molar refractivity (Wildman–Crippen MR) is 117 cm³/mol. The number of ether oxygens (including phenoxy) is 1. The van der Waals surface area contributed by atoms with Crippen LogP contribution < -0.4 is 16.0 Å². The van der Waals surface area contributed by atoms with E-state index in [1.165, 1.54) is 0 Å². The first-order valence-electron chi connectivity index (χ1n) is 9.08. The first-order valence-corrected chi connectivity index (χ1v) is 9.08. The minimum atomic E-state index is 0. The van der Waals surface area contributed by atoms with Gasteiger partial charge in [0.1, 0.15) is 0 Å². The number of aliphatic imine (C=N–C) groups is 1. The average Bonchev–Trinajstić information content (AvgIpc) is 3.15. The Kier molecular flexibility index (Phi) is 10.6. The largest absolute Gasteiger partial charge is 0.376 e. The molecule has 1 fully saturated rings. The number of halogens is 1. The van der Waals surface area contributed by atoms with E-state index in [0.717, 1.165) is 49.6 Å². The van der Waals surface area contributed by atoms with Gasteiger partial charge in [-0.3, -0.25) is 9.79 Å². The van der Waals surface area contributed by atoms with Crippen molar-refractivity contribution in [2.24, 2.45) is 10.9 Å². The molecule has 1 aromatic rings. The van der Waals surface area contributed by atoms with Crippen LogP contribution in [0.3, 0.4) is 0 Å². The molecule has 1 saturated heterocycles. The molecule has 1 aliphatic heterocycles. The fourth-order valence-corrected chi connectivity index (χ4v) is 2.63. The molecule has 0 bridgehead atoms. The van der Waals surface area contributed by atoms with Crippen LogP contribution in [-0.2, 0) is 16.1 Å². The third kappa shape index (κ3) is 7.49. The molecule has 1 aromatic carbocycles. The summed E-state index contributed by atoms with van der Waals surface area (Å²) in [4.78, 5) is 16.2. The molecule has 0 radical (unpaired) electrons. The maximum Gasteiger partial charge on any atom is 0.227 e. The van der Waals surface area contributed by atoms with E-state index in [4.69, 9.17) is 4.74 Å². The Morgan fingerprint density at radius 2 is 2.19 bits per heavy atom. The number of benzene rings is 1. The highest BCUT2D eigenvalue weighted by Gasteiger charge is 2.15. The Balaban J connectivity index is 0.00000338. The quantitative estimate of drug-likeness (QED) is 0.323. The molecule has 1 heterocycles. The van der Waals surface area contributed by atoms with Gasteiger partial charge in [-0.1, -0.05) is 26.0 Å². The van der Waals surface area contributed by atoms with Crippen LogP contribution in [0, 0.1) is 5.92 Å². The third-order valence-corrected chi connectivity index (χ3v) is 4.46. The van der Waals surface area contributed by atoms with Gasteiger partial charge in [-0.25, -0.2) is 0 Å². The fourth-order valence-electron chi connectivity index (χ4n) is 2.63. The molecule has 7 heteroatoms. The van der Waals surface area contributed by atoms with Gasteiger partial charge in [0.2, 0.25) is 5.91 Å². The lowest BCUT2D eigenvalue weighted by atomic mass is 10.1. The number of nitrogens with zero attached hydrogens (tertiary/aromatic N) is 1. The number of hydrogen-bond acceptors (Lipinski definition) is 3. The van der Waals surface area contributed by atoms with Gasteiger partial charge < -0.3 is 20.7 Å². The topological polar surface area (TPSA) is 74.8 Å². The van der Waals surface area contributed by atoms with Crippen molar-refractivity contribution in [2.45, 2.75) is 45.8 Å². The van der Waals surface area contributed by atoms with Gasteiger partial charge in [-0.2, -0.15) is 0 Å². The van der Waals surface area contributed by atoms with Gasteiger partial charge in [0.05, 0.1) is 6.10 Å². The molecular weight excluding hydrogens is 443 g/mol. The fraction of sp³-hybridized carbons (Fsp3) is 0.579. The summed E-state index contributed by atoms with van der Waals surface area (Å²) in [6, 6.07) is 7.87. The molecule has 146 valence electrons. The first kappa shape index (κ1) is 22.7. The van der Waals surface area contributed by atoms with Crippen molar-refractivity contribution in [2.75, 3.05) is 25.5 Å². The SMILES string of the molecule is CCC(C)C(=O)Nc1cccc(CNC(=NC)NCC2CCCO2)c1.I. The predicted octanol–water partition coefficient (Wildman–Crippen LogP) is 3.13. The summed E-state index contributed by atoms with van der Waals surface area (Å²) in [5.41, 5.74) is 1.91. The number of carbonyl (C=O) groups excluding carboxylic acids is 1. The molecule has 1 amide bonds. The van der Waals surface area contributed by atoms with Crippen molar-refractivity contribution in [1.29, 1.82) is 0 Å². The van der Waals surface area contributed by atoms with Crippen molar-refractivity contribution < 1.29 is 9.53 Å². The Hall–Kier alpha value is -1.35. The number of anilines is 1. The molecule has 0 aromatic heterocycles. The van der Waals surface area contributed by atoms with E-state index in [0.29, 0.717) is 6.54 Å². The van der Waals surface area contributed by atoms with E-state index in [9.17, 15) is 4.79 Å². The lowest BCUT2D eigenvalue weighted by molar-refractivity contribution is -0.119. The Labute approximate surface area is 173 Å². The van der Waals surface area contributed by atoms with Gasteiger partial charge in [0.25, 0.3) is 0 Å². The Bertz CT molecular complexity index is 589. The van der Waals surface area contributed by atoms with E-state index >= 15 is 0 Å². The molecule has 26 heavy (non-hydrogen) atoms. The van der Waals surface area contributed by atoms with Crippen LogP contribution in [0.4, 0.5) is 5.69 Å². The molecule has 0 saturated carbocycles. The van der Waals surface area contributed by atoms with Gasteiger partial charge >= 0.3 is 0 Å². The summed E-state index contributed by atoms with van der Waals surface area (Å²) in [6.07, 6.45) is 3.34. The maximum absolute atomic E-state index is 12.0. The van der Waals surface area contributed by atoms with E-state index in [2.05, 4.69) is 20.9 Å². The van der Waals surface area contributed by atoms with Crippen molar-refractivity contribution in [3.8, 4) is 0 Å². The van der Waals surface area contributed by atoms with E-state index in [-0.39, 0.29) is 41.9 Å². The molecule has 2 atom stereocenters. The van der Waals surface area contributed by atoms with Crippen molar-refractivity contribution in [3.63, 3.8) is 0 Å². The number of amides is 1. The molecule has 0 spiro atoms. The summed E-state index contributed by atoms with van der Waals surface area (Å²) in [7, 11) is 1.76. The minimum Gasteiger partial charge on any atom is -0.376 e. The van der Waals surface area contributed by atoms with Crippen molar-refractivity contribution in [1.82, 2.24) is 10.6 Å². The second-order valence-corrected chi connectivity index (χ2v) is 6.44. The lowest BCUT2D eigenvalue weighted by Gasteiger charge is -2.15. The molecule has 6 nitrogen and oxygen atoms in total.